The van der Waals surface area contributed by atoms with Gasteiger partial charge < -0.3 is 5.73 Å². The van der Waals surface area contributed by atoms with E-state index in [1.54, 1.807) is 6.07 Å². The van der Waals surface area contributed by atoms with Crippen molar-refractivity contribution in [1.82, 2.24) is 0 Å². The number of nitrogens with zero attached hydrogens (tertiary/aromatic N) is 2. The van der Waals surface area contributed by atoms with Crippen molar-refractivity contribution in [3.8, 4) is 12.1 Å². The monoisotopic (exact) mass is 143 g/mol. The van der Waals surface area contributed by atoms with Crippen LogP contribution in [0.2, 0.25) is 0 Å². The topological polar surface area (TPSA) is 73.6 Å². The van der Waals surface area contributed by atoms with E-state index in [0.717, 1.165) is 0 Å². The molecule has 0 heterocycles. The van der Waals surface area contributed by atoms with E-state index in [1.807, 2.05) is 12.1 Å². The largest absolute Gasteiger partial charge is 0.398 e. The summed E-state index contributed by atoms with van der Waals surface area (Å²) in [5, 5.41) is 16.9. The maximum atomic E-state index is 8.47. The van der Waals surface area contributed by atoms with Crippen molar-refractivity contribution in [3.63, 3.8) is 0 Å². The average molecular weight is 143 g/mol. The van der Waals surface area contributed by atoms with Gasteiger partial charge in [0, 0.05) is 0 Å². The summed E-state index contributed by atoms with van der Waals surface area (Å²) in [7, 11) is 0. The van der Waals surface area contributed by atoms with Crippen LogP contribution in [-0.4, -0.2) is 0 Å². The first-order chi connectivity index (χ1) is 5.27. The molecule has 1 aromatic carbocycles. The lowest BCUT2D eigenvalue weighted by Gasteiger charge is -1.94. The standard InChI is InChI=1S/C8H5N3/c9-4-6-1-2-7(5-10)8(11)3-6/h1-3H,11H2. The van der Waals surface area contributed by atoms with Gasteiger partial charge in [0.2, 0.25) is 0 Å². The normalized spacial score (nSPS) is 8.18. The van der Waals surface area contributed by atoms with Crippen molar-refractivity contribution in [1.29, 1.82) is 10.5 Å². The van der Waals surface area contributed by atoms with E-state index >= 15 is 0 Å². The van der Waals surface area contributed by atoms with E-state index in [9.17, 15) is 0 Å². The first kappa shape index (κ1) is 7.11. The van der Waals surface area contributed by atoms with Crippen molar-refractivity contribution in [2.75, 3.05) is 5.73 Å². The van der Waals surface area contributed by atoms with Crippen LogP contribution in [0.4, 0.5) is 5.69 Å². The average Bonchev–Trinajstić information content (AvgIpc) is 2.04. The molecule has 0 fully saturated rings. The van der Waals surface area contributed by atoms with E-state index in [1.165, 1.54) is 12.1 Å². The summed E-state index contributed by atoms with van der Waals surface area (Å²) < 4.78 is 0. The molecule has 0 aliphatic carbocycles. The fourth-order valence-electron chi connectivity index (χ4n) is 0.734. The lowest BCUT2D eigenvalue weighted by atomic mass is 10.1. The molecule has 0 spiro atoms. The molecule has 0 aliphatic rings. The maximum absolute atomic E-state index is 8.47. The molecule has 2 N–H and O–H groups in total. The van der Waals surface area contributed by atoms with Gasteiger partial charge in [0.15, 0.2) is 0 Å². The minimum Gasteiger partial charge on any atom is -0.398 e. The van der Waals surface area contributed by atoms with Gasteiger partial charge in [-0.25, -0.2) is 0 Å². The molecule has 0 radical (unpaired) electrons. The van der Waals surface area contributed by atoms with Gasteiger partial charge in [0.25, 0.3) is 0 Å². The first-order valence-corrected chi connectivity index (χ1v) is 2.97. The Morgan fingerprint density at radius 2 is 1.91 bits per heavy atom. The number of rotatable bonds is 0. The summed E-state index contributed by atoms with van der Waals surface area (Å²) in [6.45, 7) is 0. The molecule has 0 bridgehead atoms. The molecule has 1 rings (SSSR count). The Labute approximate surface area is 64.3 Å². The molecule has 52 valence electrons. The summed E-state index contributed by atoms with van der Waals surface area (Å²) in [5.74, 6) is 0. The van der Waals surface area contributed by atoms with Gasteiger partial charge in [-0.1, -0.05) is 0 Å². The van der Waals surface area contributed by atoms with E-state index in [4.69, 9.17) is 16.3 Å². The van der Waals surface area contributed by atoms with Crippen LogP contribution in [0.25, 0.3) is 0 Å². The van der Waals surface area contributed by atoms with Crippen LogP contribution in [-0.2, 0) is 0 Å². The minimum atomic E-state index is 0.353. The minimum absolute atomic E-state index is 0.353. The first-order valence-electron chi connectivity index (χ1n) is 2.97. The second-order valence-electron chi connectivity index (χ2n) is 2.03. The third kappa shape index (κ3) is 1.28. The highest BCUT2D eigenvalue weighted by molar-refractivity contribution is 5.57. The highest BCUT2D eigenvalue weighted by atomic mass is 14.6. The van der Waals surface area contributed by atoms with Crippen molar-refractivity contribution >= 4 is 5.69 Å². The van der Waals surface area contributed by atoms with Gasteiger partial charge in [-0.3, -0.25) is 0 Å². The van der Waals surface area contributed by atoms with Crippen LogP contribution in [0.3, 0.4) is 0 Å². The Morgan fingerprint density at radius 1 is 1.18 bits per heavy atom. The highest BCUT2D eigenvalue weighted by Gasteiger charge is 1.97. The summed E-state index contributed by atoms with van der Waals surface area (Å²) in [5.41, 5.74) is 6.67. The number of hydrogen-bond donors (Lipinski definition) is 1. The zero-order chi connectivity index (χ0) is 8.27. The Kier molecular flexibility index (Phi) is 1.76. The van der Waals surface area contributed by atoms with Crippen LogP contribution in [0.5, 0.6) is 0 Å². The van der Waals surface area contributed by atoms with Crippen LogP contribution in [0.15, 0.2) is 18.2 Å². The molecule has 0 aliphatic heterocycles. The summed E-state index contributed by atoms with van der Waals surface area (Å²) in [4.78, 5) is 0. The molecule has 0 aromatic heterocycles. The van der Waals surface area contributed by atoms with Gasteiger partial charge in [-0.2, -0.15) is 10.5 Å². The zero-order valence-corrected chi connectivity index (χ0v) is 5.70. The van der Waals surface area contributed by atoms with Gasteiger partial charge in [0.1, 0.15) is 6.07 Å². The predicted molar refractivity (Wildman–Crippen MR) is 40.3 cm³/mol. The van der Waals surface area contributed by atoms with Crippen molar-refractivity contribution in [2.45, 2.75) is 0 Å². The number of anilines is 1. The van der Waals surface area contributed by atoms with Crippen LogP contribution < -0.4 is 5.73 Å². The Morgan fingerprint density at radius 3 is 2.36 bits per heavy atom. The van der Waals surface area contributed by atoms with Gasteiger partial charge in [-0.15, -0.1) is 0 Å². The van der Waals surface area contributed by atoms with Crippen molar-refractivity contribution in [2.24, 2.45) is 0 Å². The molecule has 0 unspecified atom stereocenters. The molecule has 0 atom stereocenters. The van der Waals surface area contributed by atoms with E-state index < -0.39 is 0 Å². The van der Waals surface area contributed by atoms with Crippen molar-refractivity contribution < 1.29 is 0 Å². The van der Waals surface area contributed by atoms with Crippen molar-refractivity contribution in [3.05, 3.63) is 29.3 Å². The fraction of sp³-hybridized carbons (Fsp3) is 0. The molecule has 0 amide bonds. The van der Waals surface area contributed by atoms with E-state index in [2.05, 4.69) is 0 Å². The number of hydrogen-bond acceptors (Lipinski definition) is 3. The molecule has 0 saturated heterocycles. The van der Waals surface area contributed by atoms with Crippen LogP contribution >= 0.6 is 0 Å². The number of nitrogens with two attached hydrogens (primary N) is 1. The second kappa shape index (κ2) is 2.72. The van der Waals surface area contributed by atoms with Crippen LogP contribution in [0, 0.1) is 22.7 Å². The summed E-state index contributed by atoms with van der Waals surface area (Å²) in [6.07, 6.45) is 0. The molecule has 0 saturated carbocycles. The second-order valence-corrected chi connectivity index (χ2v) is 2.03. The van der Waals surface area contributed by atoms with Gasteiger partial charge in [-0.05, 0) is 18.2 Å². The third-order valence-corrected chi connectivity index (χ3v) is 1.30. The predicted octanol–water partition coefficient (Wildman–Crippen LogP) is 1.01. The summed E-state index contributed by atoms with van der Waals surface area (Å²) in [6, 6.07) is 8.43. The SMILES string of the molecule is N#Cc1ccc(C#N)c(N)c1. The maximum Gasteiger partial charge on any atom is 0.101 e. The highest BCUT2D eigenvalue weighted by Crippen LogP contribution is 2.11. The molecule has 1 aromatic rings. The molecule has 3 heteroatoms. The van der Waals surface area contributed by atoms with E-state index in [0.29, 0.717) is 16.8 Å². The van der Waals surface area contributed by atoms with E-state index in [-0.39, 0.29) is 0 Å². The molecule has 11 heavy (non-hydrogen) atoms. The lowest BCUT2D eigenvalue weighted by molar-refractivity contribution is 1.45. The summed E-state index contributed by atoms with van der Waals surface area (Å²) >= 11 is 0. The molecular formula is C8H5N3. The Balaban J connectivity index is 3.25. The Hall–Kier alpha value is -2.00. The number of benzene rings is 1. The number of nitriles is 2. The van der Waals surface area contributed by atoms with Gasteiger partial charge >= 0.3 is 0 Å². The smallest absolute Gasteiger partial charge is 0.101 e. The quantitative estimate of drug-likeness (QED) is 0.551. The Bertz CT molecular complexity index is 355. The third-order valence-electron chi connectivity index (χ3n) is 1.30. The zero-order valence-electron chi connectivity index (χ0n) is 5.70. The van der Waals surface area contributed by atoms with Crippen LogP contribution in [0.1, 0.15) is 11.1 Å². The fourth-order valence-corrected chi connectivity index (χ4v) is 0.734. The molecule has 3 nitrogen and oxygen atoms in total. The van der Waals surface area contributed by atoms with Gasteiger partial charge in [0.05, 0.1) is 22.9 Å². The molecular weight excluding hydrogens is 138 g/mol. The lowest BCUT2D eigenvalue weighted by Crippen LogP contribution is -1.90. The number of nitrogen functional groups attached to an aromatic ring is 1.